The molecule has 0 radical (unpaired) electrons. The summed E-state index contributed by atoms with van der Waals surface area (Å²) in [5.41, 5.74) is 1.38. The number of nitrogens with one attached hydrogen (secondary N) is 1. The Labute approximate surface area is 128 Å². The zero-order chi connectivity index (χ0) is 15.5. The molecule has 1 unspecified atom stereocenters. The Morgan fingerprint density at radius 2 is 2.32 bits per heavy atom. The van der Waals surface area contributed by atoms with E-state index in [0.29, 0.717) is 30.6 Å². The Balaban J connectivity index is 1.71. The fraction of sp³-hybridized carbons (Fsp3) is 0.438. The van der Waals surface area contributed by atoms with Crippen LogP contribution in [-0.4, -0.2) is 33.3 Å². The third kappa shape index (κ3) is 3.17. The lowest BCUT2D eigenvalue weighted by atomic mass is 9.76. The van der Waals surface area contributed by atoms with Gasteiger partial charge in [-0.2, -0.15) is 0 Å². The van der Waals surface area contributed by atoms with E-state index in [4.69, 9.17) is 4.52 Å². The molecule has 6 nitrogen and oxygen atoms in total. The Morgan fingerprint density at radius 1 is 1.50 bits per heavy atom. The molecule has 0 saturated heterocycles. The average molecular weight is 301 g/mol. The number of pyridine rings is 1. The first-order valence-corrected chi connectivity index (χ1v) is 7.43. The van der Waals surface area contributed by atoms with Crippen LogP contribution in [-0.2, 0) is 6.42 Å². The molecule has 3 rings (SSSR count). The smallest absolute Gasteiger partial charge is 0.256 e. The molecular weight excluding hydrogens is 282 g/mol. The minimum absolute atomic E-state index is 0.0555. The zero-order valence-electron chi connectivity index (χ0n) is 12.4. The second-order valence-corrected chi connectivity index (χ2v) is 5.79. The predicted octanol–water partition coefficient (Wildman–Crippen LogP) is 1.49. The molecule has 0 bridgehead atoms. The minimum atomic E-state index is -0.259. The Bertz CT molecular complexity index is 635. The standard InChI is InChI=1S/C16H19N3O3/c1-10-14(9-18-22-10)16(21)19-15(11-6-13(20)7-11)8-12-4-2-3-5-17-12/h2-5,9,11,13,15,20H,6-8H2,1H3,(H,19,21). The molecule has 6 heteroatoms. The molecule has 1 atom stereocenters. The van der Waals surface area contributed by atoms with Gasteiger partial charge in [-0.05, 0) is 37.8 Å². The highest BCUT2D eigenvalue weighted by Crippen LogP contribution is 2.31. The molecule has 1 fully saturated rings. The molecule has 2 aromatic heterocycles. The van der Waals surface area contributed by atoms with Crippen LogP contribution in [0.2, 0.25) is 0 Å². The number of hydrogen-bond donors (Lipinski definition) is 2. The normalized spacial score (nSPS) is 21.9. The summed E-state index contributed by atoms with van der Waals surface area (Å²) < 4.78 is 4.94. The molecule has 1 aliphatic rings. The molecule has 22 heavy (non-hydrogen) atoms. The first-order chi connectivity index (χ1) is 10.6. The zero-order valence-corrected chi connectivity index (χ0v) is 12.4. The summed E-state index contributed by atoms with van der Waals surface area (Å²) in [5.74, 6) is 0.574. The average Bonchev–Trinajstić information content (AvgIpc) is 2.91. The number of carbonyl (C=O) groups is 1. The molecular formula is C16H19N3O3. The van der Waals surface area contributed by atoms with Gasteiger partial charge in [-0.1, -0.05) is 11.2 Å². The van der Waals surface area contributed by atoms with Crippen LogP contribution in [0.4, 0.5) is 0 Å². The van der Waals surface area contributed by atoms with Gasteiger partial charge >= 0.3 is 0 Å². The Kier molecular flexibility index (Phi) is 4.20. The number of amides is 1. The van der Waals surface area contributed by atoms with Gasteiger partial charge in [-0.15, -0.1) is 0 Å². The van der Waals surface area contributed by atoms with Crippen molar-refractivity contribution in [3.63, 3.8) is 0 Å². The van der Waals surface area contributed by atoms with Crippen molar-refractivity contribution in [3.8, 4) is 0 Å². The van der Waals surface area contributed by atoms with E-state index in [9.17, 15) is 9.90 Å². The van der Waals surface area contributed by atoms with E-state index in [1.165, 1.54) is 6.20 Å². The van der Waals surface area contributed by atoms with Crippen LogP contribution < -0.4 is 5.32 Å². The topological polar surface area (TPSA) is 88.3 Å². The first kappa shape index (κ1) is 14.7. The van der Waals surface area contributed by atoms with E-state index in [1.807, 2.05) is 18.2 Å². The van der Waals surface area contributed by atoms with Crippen molar-refractivity contribution < 1.29 is 14.4 Å². The third-order valence-corrected chi connectivity index (χ3v) is 4.19. The fourth-order valence-corrected chi connectivity index (χ4v) is 2.80. The maximum Gasteiger partial charge on any atom is 0.256 e. The number of aromatic nitrogens is 2. The van der Waals surface area contributed by atoms with Crippen LogP contribution in [0.3, 0.4) is 0 Å². The van der Waals surface area contributed by atoms with Gasteiger partial charge < -0.3 is 14.9 Å². The second kappa shape index (κ2) is 6.27. The molecule has 1 aliphatic carbocycles. The molecule has 2 heterocycles. The highest BCUT2D eigenvalue weighted by atomic mass is 16.5. The highest BCUT2D eigenvalue weighted by Gasteiger charge is 2.35. The van der Waals surface area contributed by atoms with Crippen molar-refractivity contribution in [3.05, 3.63) is 47.6 Å². The lowest BCUT2D eigenvalue weighted by Gasteiger charge is -2.38. The van der Waals surface area contributed by atoms with Gasteiger partial charge in [0.1, 0.15) is 11.3 Å². The van der Waals surface area contributed by atoms with Crippen LogP contribution in [0.15, 0.2) is 35.1 Å². The molecule has 1 amide bonds. The number of aryl methyl sites for hydroxylation is 1. The van der Waals surface area contributed by atoms with E-state index in [2.05, 4.69) is 15.5 Å². The van der Waals surface area contributed by atoms with Crippen LogP contribution >= 0.6 is 0 Å². The van der Waals surface area contributed by atoms with Crippen LogP contribution in [0.25, 0.3) is 0 Å². The number of carbonyl (C=O) groups excluding carboxylic acids is 1. The van der Waals surface area contributed by atoms with E-state index in [-0.39, 0.29) is 24.0 Å². The van der Waals surface area contributed by atoms with Gasteiger partial charge in [0.15, 0.2) is 0 Å². The quantitative estimate of drug-likeness (QED) is 0.873. The number of rotatable bonds is 5. The Hall–Kier alpha value is -2.21. The summed E-state index contributed by atoms with van der Waals surface area (Å²) in [6.45, 7) is 1.71. The minimum Gasteiger partial charge on any atom is -0.393 e. The molecule has 0 aromatic carbocycles. The molecule has 0 aliphatic heterocycles. The summed E-state index contributed by atoms with van der Waals surface area (Å²) in [6.07, 6.45) is 4.98. The van der Waals surface area contributed by atoms with Gasteiger partial charge in [0.2, 0.25) is 0 Å². The lowest BCUT2D eigenvalue weighted by molar-refractivity contribution is 0.0237. The molecule has 1 saturated carbocycles. The molecule has 116 valence electrons. The molecule has 0 spiro atoms. The number of aliphatic hydroxyl groups excluding tert-OH is 1. The monoisotopic (exact) mass is 301 g/mol. The van der Waals surface area contributed by atoms with Crippen molar-refractivity contribution in [1.29, 1.82) is 0 Å². The second-order valence-electron chi connectivity index (χ2n) is 5.79. The van der Waals surface area contributed by atoms with Gasteiger partial charge in [-0.3, -0.25) is 9.78 Å². The van der Waals surface area contributed by atoms with Gasteiger partial charge in [-0.25, -0.2) is 0 Å². The maximum atomic E-state index is 12.4. The van der Waals surface area contributed by atoms with Crippen molar-refractivity contribution in [2.45, 2.75) is 38.3 Å². The van der Waals surface area contributed by atoms with Crippen molar-refractivity contribution in [1.82, 2.24) is 15.5 Å². The maximum absolute atomic E-state index is 12.4. The van der Waals surface area contributed by atoms with Crippen LogP contribution in [0, 0.1) is 12.8 Å². The van der Waals surface area contributed by atoms with Gasteiger partial charge in [0.25, 0.3) is 5.91 Å². The van der Waals surface area contributed by atoms with Crippen LogP contribution in [0.5, 0.6) is 0 Å². The molecule has 2 N–H and O–H groups in total. The summed E-state index contributed by atoms with van der Waals surface area (Å²) in [6, 6.07) is 5.69. The molecule has 2 aromatic rings. The lowest BCUT2D eigenvalue weighted by Crippen LogP contribution is -2.48. The number of aliphatic hydroxyl groups is 1. The SMILES string of the molecule is Cc1oncc1C(=O)NC(Cc1ccccn1)C1CC(O)C1. The van der Waals surface area contributed by atoms with Crippen LogP contribution in [0.1, 0.15) is 34.7 Å². The Morgan fingerprint density at radius 3 is 2.91 bits per heavy atom. The summed E-state index contributed by atoms with van der Waals surface area (Å²) in [5, 5.41) is 16.2. The van der Waals surface area contributed by atoms with E-state index < -0.39 is 0 Å². The summed E-state index contributed by atoms with van der Waals surface area (Å²) >= 11 is 0. The summed E-state index contributed by atoms with van der Waals surface area (Å²) in [4.78, 5) is 16.7. The van der Waals surface area contributed by atoms with E-state index >= 15 is 0 Å². The van der Waals surface area contributed by atoms with Crippen molar-refractivity contribution in [2.24, 2.45) is 5.92 Å². The first-order valence-electron chi connectivity index (χ1n) is 7.43. The van der Waals surface area contributed by atoms with E-state index in [1.54, 1.807) is 13.1 Å². The third-order valence-electron chi connectivity index (χ3n) is 4.19. The predicted molar refractivity (Wildman–Crippen MR) is 79.2 cm³/mol. The summed E-state index contributed by atoms with van der Waals surface area (Å²) in [7, 11) is 0. The number of nitrogens with zero attached hydrogens (tertiary/aromatic N) is 2. The van der Waals surface area contributed by atoms with Crippen molar-refractivity contribution in [2.75, 3.05) is 0 Å². The van der Waals surface area contributed by atoms with Gasteiger partial charge in [0.05, 0.1) is 12.3 Å². The number of hydrogen-bond acceptors (Lipinski definition) is 5. The highest BCUT2D eigenvalue weighted by molar-refractivity contribution is 5.94. The van der Waals surface area contributed by atoms with Gasteiger partial charge in [0, 0.05) is 24.4 Å². The van der Waals surface area contributed by atoms with E-state index in [0.717, 1.165) is 5.69 Å². The fourth-order valence-electron chi connectivity index (χ4n) is 2.80. The van der Waals surface area contributed by atoms with Crippen molar-refractivity contribution >= 4 is 5.91 Å². The largest absolute Gasteiger partial charge is 0.393 e.